The molecule has 1 aliphatic heterocycles. The molecule has 0 aliphatic carbocycles. The number of allylic oxidation sites excluding steroid dienone is 1. The van der Waals surface area contributed by atoms with Crippen LogP contribution in [0.5, 0.6) is 11.5 Å². The maximum absolute atomic E-state index is 14.2. The summed E-state index contributed by atoms with van der Waals surface area (Å²) in [5.41, 5.74) is 2.28. The van der Waals surface area contributed by atoms with Gasteiger partial charge in [0.1, 0.15) is 18.5 Å². The van der Waals surface area contributed by atoms with Gasteiger partial charge in [0.15, 0.2) is 11.5 Å². The number of aromatic nitrogens is 3. The minimum atomic E-state index is -0.597. The number of nitrogens with zero attached hydrogens (tertiary/aromatic N) is 3. The van der Waals surface area contributed by atoms with Gasteiger partial charge in [-0.3, -0.25) is 0 Å². The Kier molecular flexibility index (Phi) is 9.50. The van der Waals surface area contributed by atoms with Gasteiger partial charge in [0.25, 0.3) is 0 Å². The fraction of sp³-hybridized carbons (Fsp3) is 0.414. The molecule has 0 amide bonds. The molecule has 1 N–H and O–H groups in total. The summed E-state index contributed by atoms with van der Waals surface area (Å²) in [5, 5.41) is 8.63. The van der Waals surface area contributed by atoms with Crippen LogP contribution < -0.4 is 14.8 Å². The Hall–Kier alpha value is -3.53. The summed E-state index contributed by atoms with van der Waals surface area (Å²) in [6.07, 6.45) is 1.85. The molecule has 10 heteroatoms. The van der Waals surface area contributed by atoms with Crippen LogP contribution in [0.1, 0.15) is 64.6 Å². The van der Waals surface area contributed by atoms with E-state index in [9.17, 15) is 9.18 Å². The van der Waals surface area contributed by atoms with Gasteiger partial charge in [0, 0.05) is 17.0 Å². The van der Waals surface area contributed by atoms with Gasteiger partial charge in [-0.15, -0.1) is 5.10 Å². The van der Waals surface area contributed by atoms with Gasteiger partial charge >= 0.3 is 5.97 Å². The fourth-order valence-corrected chi connectivity index (χ4v) is 5.12. The van der Waals surface area contributed by atoms with Crippen molar-refractivity contribution in [1.82, 2.24) is 14.8 Å². The van der Waals surface area contributed by atoms with Gasteiger partial charge in [0.2, 0.25) is 11.1 Å². The molecule has 1 atom stereocenters. The molecule has 2 aromatic carbocycles. The monoisotopic (exact) mass is 554 g/mol. The third-order valence-electron chi connectivity index (χ3n) is 6.05. The average Bonchev–Trinajstić information content (AvgIpc) is 3.30. The van der Waals surface area contributed by atoms with E-state index in [1.165, 1.54) is 6.07 Å². The lowest BCUT2D eigenvalue weighted by Crippen LogP contribution is -2.30. The molecule has 0 bridgehead atoms. The second kappa shape index (κ2) is 13.0. The van der Waals surface area contributed by atoms with E-state index in [4.69, 9.17) is 19.3 Å². The van der Waals surface area contributed by atoms with E-state index in [0.717, 1.165) is 24.2 Å². The summed E-state index contributed by atoms with van der Waals surface area (Å²) in [4.78, 5) is 18.0. The van der Waals surface area contributed by atoms with Crippen LogP contribution in [0.25, 0.3) is 0 Å². The van der Waals surface area contributed by atoms with Crippen molar-refractivity contribution in [2.75, 3.05) is 17.7 Å². The Bertz CT molecular complexity index is 1340. The fourth-order valence-electron chi connectivity index (χ4n) is 4.20. The van der Waals surface area contributed by atoms with Crippen molar-refractivity contribution < 1.29 is 23.4 Å². The Morgan fingerprint density at radius 1 is 1.15 bits per heavy atom. The zero-order chi connectivity index (χ0) is 27.9. The first-order valence-electron chi connectivity index (χ1n) is 13.2. The standard InChI is InChI=1S/C29H35FN4O4S/c1-6-8-15-39-29-32-28-31-19(5)25(27(35)38-18(3)4)26(34(28)33-29)20-13-14-23(24(16-20)36-7-2)37-17-21-11-9-10-12-22(21)30/h9-14,16,18,26H,6-8,15,17H2,1-5H3,(H,31,32,33). The number of halogens is 1. The molecule has 0 spiro atoms. The van der Waals surface area contributed by atoms with E-state index in [1.807, 2.05) is 39.8 Å². The zero-order valence-electron chi connectivity index (χ0n) is 23.0. The predicted octanol–water partition coefficient (Wildman–Crippen LogP) is 6.53. The quantitative estimate of drug-likeness (QED) is 0.154. The van der Waals surface area contributed by atoms with E-state index < -0.39 is 12.0 Å². The van der Waals surface area contributed by atoms with Crippen molar-refractivity contribution in [3.63, 3.8) is 0 Å². The molecule has 0 saturated heterocycles. The van der Waals surface area contributed by atoms with Crippen LogP contribution in [-0.4, -0.2) is 39.2 Å². The zero-order valence-corrected chi connectivity index (χ0v) is 23.8. The van der Waals surface area contributed by atoms with E-state index in [-0.39, 0.29) is 18.5 Å². The highest BCUT2D eigenvalue weighted by atomic mass is 32.2. The summed E-state index contributed by atoms with van der Waals surface area (Å²) in [5.74, 6) is 1.65. The first-order valence-corrected chi connectivity index (χ1v) is 14.2. The molecule has 1 aromatic heterocycles. The number of hydrogen-bond acceptors (Lipinski definition) is 8. The minimum Gasteiger partial charge on any atom is -0.490 e. The van der Waals surface area contributed by atoms with E-state index in [2.05, 4.69) is 17.2 Å². The summed E-state index contributed by atoms with van der Waals surface area (Å²) in [7, 11) is 0. The van der Waals surface area contributed by atoms with Crippen LogP contribution in [0.15, 0.2) is 58.9 Å². The number of rotatable bonds is 12. The average molecular weight is 555 g/mol. The van der Waals surface area contributed by atoms with Gasteiger partial charge in [-0.1, -0.05) is 49.4 Å². The van der Waals surface area contributed by atoms with Crippen molar-refractivity contribution in [1.29, 1.82) is 0 Å². The van der Waals surface area contributed by atoms with Crippen molar-refractivity contribution >= 4 is 23.7 Å². The third kappa shape index (κ3) is 6.73. The Morgan fingerprint density at radius 3 is 2.67 bits per heavy atom. The van der Waals surface area contributed by atoms with E-state index in [0.29, 0.717) is 46.0 Å². The highest BCUT2D eigenvalue weighted by molar-refractivity contribution is 7.99. The number of anilines is 1. The minimum absolute atomic E-state index is 0.0516. The number of unbranched alkanes of at least 4 members (excludes halogenated alkanes) is 1. The largest absolute Gasteiger partial charge is 0.490 e. The Labute approximate surface area is 232 Å². The van der Waals surface area contributed by atoms with Gasteiger partial charge < -0.3 is 19.5 Å². The highest BCUT2D eigenvalue weighted by Crippen LogP contribution is 2.40. The predicted molar refractivity (Wildman–Crippen MR) is 150 cm³/mol. The topological polar surface area (TPSA) is 87.5 Å². The van der Waals surface area contributed by atoms with Crippen molar-refractivity contribution in [2.45, 2.75) is 71.4 Å². The number of nitrogens with one attached hydrogen (secondary N) is 1. The lowest BCUT2D eigenvalue weighted by molar-refractivity contribution is -0.143. The molecule has 0 fully saturated rings. The number of hydrogen-bond donors (Lipinski definition) is 1. The smallest absolute Gasteiger partial charge is 0.338 e. The highest BCUT2D eigenvalue weighted by Gasteiger charge is 2.36. The Morgan fingerprint density at radius 2 is 1.95 bits per heavy atom. The molecule has 3 aromatic rings. The molecule has 0 saturated carbocycles. The molecule has 2 heterocycles. The maximum atomic E-state index is 14.2. The lowest BCUT2D eigenvalue weighted by Gasteiger charge is -2.29. The number of ether oxygens (including phenoxy) is 3. The maximum Gasteiger partial charge on any atom is 0.338 e. The molecule has 208 valence electrons. The molecule has 8 nitrogen and oxygen atoms in total. The molecule has 1 aliphatic rings. The molecule has 1 unspecified atom stereocenters. The van der Waals surface area contributed by atoms with E-state index >= 15 is 0 Å². The van der Waals surface area contributed by atoms with Crippen LogP contribution in [-0.2, 0) is 16.1 Å². The molecular weight excluding hydrogens is 519 g/mol. The van der Waals surface area contributed by atoms with Crippen LogP contribution in [0.2, 0.25) is 0 Å². The lowest BCUT2D eigenvalue weighted by atomic mass is 9.95. The second-order valence-corrected chi connectivity index (χ2v) is 10.5. The van der Waals surface area contributed by atoms with Crippen LogP contribution in [0.3, 0.4) is 0 Å². The summed E-state index contributed by atoms with van der Waals surface area (Å²) in [6, 6.07) is 11.4. The van der Waals surface area contributed by atoms with Gasteiger partial charge in [-0.25, -0.2) is 13.9 Å². The van der Waals surface area contributed by atoms with Crippen LogP contribution in [0.4, 0.5) is 10.3 Å². The van der Waals surface area contributed by atoms with Gasteiger partial charge in [-0.2, -0.15) is 4.98 Å². The van der Waals surface area contributed by atoms with Crippen LogP contribution in [0, 0.1) is 5.82 Å². The second-order valence-electron chi connectivity index (χ2n) is 9.40. The number of carbonyl (C=O) groups is 1. The number of thioether (sulfide) groups is 1. The number of fused-ring (bicyclic) bond motifs is 1. The first-order chi connectivity index (χ1) is 18.8. The number of benzene rings is 2. The third-order valence-corrected chi connectivity index (χ3v) is 6.97. The molecule has 4 rings (SSSR count). The number of carbonyl (C=O) groups excluding carboxylic acids is 1. The van der Waals surface area contributed by atoms with Gasteiger partial charge in [0.05, 0.1) is 18.3 Å². The molecular formula is C29H35FN4O4S. The van der Waals surface area contributed by atoms with Crippen molar-refractivity contribution in [3.05, 3.63) is 70.7 Å². The summed E-state index contributed by atoms with van der Waals surface area (Å²) >= 11 is 1.58. The molecule has 39 heavy (non-hydrogen) atoms. The SMILES string of the molecule is CCCCSc1nc2n(n1)C(c1ccc(OCc3ccccc3F)c(OCC)c1)C(C(=O)OC(C)C)=C(C)N2. The molecule has 0 radical (unpaired) electrons. The number of esters is 1. The van der Waals surface area contributed by atoms with E-state index in [1.54, 1.807) is 40.7 Å². The van der Waals surface area contributed by atoms with Crippen molar-refractivity contribution in [2.24, 2.45) is 0 Å². The van der Waals surface area contributed by atoms with Crippen molar-refractivity contribution in [3.8, 4) is 11.5 Å². The summed E-state index contributed by atoms with van der Waals surface area (Å²) < 4.78 is 33.4. The summed E-state index contributed by atoms with van der Waals surface area (Å²) in [6.45, 7) is 9.94. The first kappa shape index (κ1) is 28.5. The normalized spacial score (nSPS) is 14.7. The van der Waals surface area contributed by atoms with Crippen LogP contribution >= 0.6 is 11.8 Å². The van der Waals surface area contributed by atoms with Gasteiger partial charge in [-0.05, 0) is 57.9 Å². The Balaban J connectivity index is 1.72.